The van der Waals surface area contributed by atoms with E-state index in [9.17, 15) is 19.7 Å². The number of amides is 1. The van der Waals surface area contributed by atoms with E-state index in [0.29, 0.717) is 6.54 Å². The van der Waals surface area contributed by atoms with Crippen LogP contribution in [-0.4, -0.2) is 40.9 Å². The number of carbonyl (C=O) groups excluding carboxylic acids is 2. The van der Waals surface area contributed by atoms with Crippen molar-refractivity contribution in [2.24, 2.45) is 10.8 Å². The normalized spacial score (nSPS) is 25.9. The minimum atomic E-state index is -0.778. The van der Waals surface area contributed by atoms with E-state index in [2.05, 4.69) is 20.8 Å². The SMILES string of the molecule is CC1(C)C[C@H]2C[C@](C)(CN2C(=O)COC(=O)c2ccc(N)c([N+](=O)[O-])c2)C1. The van der Waals surface area contributed by atoms with Gasteiger partial charge in [0.25, 0.3) is 11.6 Å². The van der Waals surface area contributed by atoms with Crippen LogP contribution in [0.25, 0.3) is 0 Å². The summed E-state index contributed by atoms with van der Waals surface area (Å²) in [5, 5.41) is 10.9. The van der Waals surface area contributed by atoms with Crippen LogP contribution in [0.1, 0.15) is 50.4 Å². The highest BCUT2D eigenvalue weighted by Gasteiger charge is 2.50. The molecule has 0 unspecified atom stereocenters. The van der Waals surface area contributed by atoms with Crippen LogP contribution in [0.4, 0.5) is 11.4 Å². The summed E-state index contributed by atoms with van der Waals surface area (Å²) in [6.07, 6.45) is 2.97. The molecule has 1 saturated carbocycles. The highest BCUT2D eigenvalue weighted by molar-refractivity contribution is 5.93. The lowest BCUT2D eigenvalue weighted by Gasteiger charge is -2.39. The molecule has 1 amide bonds. The van der Waals surface area contributed by atoms with Crippen LogP contribution in [-0.2, 0) is 9.53 Å². The molecular formula is C19H25N3O5. The zero-order valence-electron chi connectivity index (χ0n) is 15.9. The molecule has 1 aliphatic carbocycles. The molecule has 2 atom stereocenters. The van der Waals surface area contributed by atoms with Gasteiger partial charge in [-0.25, -0.2) is 4.79 Å². The van der Waals surface area contributed by atoms with Gasteiger partial charge in [-0.05, 0) is 42.2 Å². The highest BCUT2D eigenvalue weighted by atomic mass is 16.6. The molecule has 0 radical (unpaired) electrons. The summed E-state index contributed by atoms with van der Waals surface area (Å²) in [7, 11) is 0. The molecule has 2 fully saturated rings. The summed E-state index contributed by atoms with van der Waals surface area (Å²) in [5.74, 6) is -1.00. The second kappa shape index (κ2) is 6.51. The van der Waals surface area contributed by atoms with Gasteiger partial charge >= 0.3 is 5.97 Å². The Kier molecular flexibility index (Phi) is 4.61. The van der Waals surface area contributed by atoms with E-state index in [1.807, 2.05) is 4.90 Å². The van der Waals surface area contributed by atoms with Crippen LogP contribution in [0.15, 0.2) is 18.2 Å². The van der Waals surface area contributed by atoms with Crippen molar-refractivity contribution >= 4 is 23.3 Å². The van der Waals surface area contributed by atoms with Gasteiger partial charge in [0.1, 0.15) is 5.69 Å². The fourth-order valence-electron chi connectivity index (χ4n) is 4.87. The monoisotopic (exact) mass is 375 g/mol. The fraction of sp³-hybridized carbons (Fsp3) is 0.579. The molecule has 1 aliphatic heterocycles. The number of esters is 1. The molecule has 8 nitrogen and oxygen atoms in total. The molecular weight excluding hydrogens is 350 g/mol. The highest BCUT2D eigenvalue weighted by Crippen LogP contribution is 2.52. The Balaban J connectivity index is 1.64. The van der Waals surface area contributed by atoms with Crippen LogP contribution in [0.5, 0.6) is 0 Å². The van der Waals surface area contributed by atoms with Crippen molar-refractivity contribution in [2.45, 2.75) is 46.1 Å². The van der Waals surface area contributed by atoms with Gasteiger partial charge in [-0.3, -0.25) is 14.9 Å². The van der Waals surface area contributed by atoms with Crippen LogP contribution in [0.2, 0.25) is 0 Å². The van der Waals surface area contributed by atoms with Crippen molar-refractivity contribution in [1.82, 2.24) is 4.90 Å². The standard InChI is InChI=1S/C19H25N3O5/c1-18(2)7-13-8-19(3,10-18)11-21(13)16(23)9-27-17(24)12-4-5-14(20)15(6-12)22(25)26/h4-6,13H,7-11,20H2,1-3H3/t13-,19-/m0/s1. The number of nitro groups is 1. The number of fused-ring (bicyclic) bond motifs is 2. The van der Waals surface area contributed by atoms with Gasteiger partial charge < -0.3 is 15.4 Å². The molecule has 1 saturated heterocycles. The minimum absolute atomic E-state index is 0.00281. The van der Waals surface area contributed by atoms with Crippen molar-refractivity contribution in [3.8, 4) is 0 Å². The first-order valence-electron chi connectivity index (χ1n) is 9.00. The number of anilines is 1. The maximum atomic E-state index is 12.6. The third-order valence-corrected chi connectivity index (χ3v) is 5.52. The molecule has 1 aromatic carbocycles. The molecule has 8 heteroatoms. The van der Waals surface area contributed by atoms with E-state index in [1.54, 1.807) is 0 Å². The molecule has 2 bridgehead atoms. The summed E-state index contributed by atoms with van der Waals surface area (Å²) in [5.41, 5.74) is 5.41. The maximum Gasteiger partial charge on any atom is 0.338 e. The predicted octanol–water partition coefficient (Wildman–Crippen LogP) is 2.76. The van der Waals surface area contributed by atoms with Crippen molar-refractivity contribution in [3.05, 3.63) is 33.9 Å². The Morgan fingerprint density at radius 3 is 2.70 bits per heavy atom. The summed E-state index contributed by atoms with van der Waals surface area (Å²) in [4.78, 5) is 36.9. The molecule has 3 rings (SSSR count). The number of nitrogens with zero attached hydrogens (tertiary/aromatic N) is 2. The molecule has 1 heterocycles. The molecule has 2 aliphatic rings. The number of hydrogen-bond acceptors (Lipinski definition) is 6. The quantitative estimate of drug-likeness (QED) is 0.374. The number of nitro benzene ring substituents is 1. The lowest BCUT2D eigenvalue weighted by molar-refractivity contribution is -0.383. The summed E-state index contributed by atoms with van der Waals surface area (Å²) in [6.45, 7) is 6.95. The average Bonchev–Trinajstić information content (AvgIpc) is 2.81. The molecule has 1 aromatic rings. The first-order chi connectivity index (χ1) is 12.5. The number of ether oxygens (including phenoxy) is 1. The fourth-order valence-corrected chi connectivity index (χ4v) is 4.87. The lowest BCUT2D eigenvalue weighted by Crippen LogP contribution is -2.39. The van der Waals surface area contributed by atoms with Gasteiger partial charge in [0.05, 0.1) is 10.5 Å². The van der Waals surface area contributed by atoms with Gasteiger partial charge in [0.15, 0.2) is 6.61 Å². The van der Waals surface area contributed by atoms with Gasteiger partial charge in [-0.15, -0.1) is 0 Å². The smallest absolute Gasteiger partial charge is 0.338 e. The Morgan fingerprint density at radius 2 is 2.04 bits per heavy atom. The van der Waals surface area contributed by atoms with Crippen LogP contribution >= 0.6 is 0 Å². The van der Waals surface area contributed by atoms with Gasteiger partial charge in [-0.1, -0.05) is 20.8 Å². The maximum absolute atomic E-state index is 12.6. The lowest BCUT2D eigenvalue weighted by atomic mass is 9.65. The third kappa shape index (κ3) is 3.89. The van der Waals surface area contributed by atoms with Crippen molar-refractivity contribution in [3.63, 3.8) is 0 Å². The first-order valence-corrected chi connectivity index (χ1v) is 9.00. The number of nitrogen functional groups attached to an aromatic ring is 1. The van der Waals surface area contributed by atoms with E-state index < -0.39 is 10.9 Å². The van der Waals surface area contributed by atoms with Crippen LogP contribution in [0.3, 0.4) is 0 Å². The second-order valence-corrected chi connectivity index (χ2v) is 8.84. The van der Waals surface area contributed by atoms with E-state index in [-0.39, 0.29) is 46.3 Å². The van der Waals surface area contributed by atoms with Gasteiger partial charge in [-0.2, -0.15) is 0 Å². The zero-order chi connectivity index (χ0) is 20.0. The largest absolute Gasteiger partial charge is 0.452 e. The topological polar surface area (TPSA) is 116 Å². The average molecular weight is 375 g/mol. The van der Waals surface area contributed by atoms with Crippen molar-refractivity contribution in [1.29, 1.82) is 0 Å². The number of likely N-dealkylation sites (tertiary alicyclic amines) is 1. The van der Waals surface area contributed by atoms with Gasteiger partial charge in [0.2, 0.25) is 0 Å². The molecule has 146 valence electrons. The Bertz CT molecular complexity index is 807. The Labute approximate surface area is 157 Å². The summed E-state index contributed by atoms with van der Waals surface area (Å²) in [6, 6.07) is 3.86. The number of benzene rings is 1. The predicted molar refractivity (Wildman–Crippen MR) is 99.0 cm³/mol. The Morgan fingerprint density at radius 1 is 1.33 bits per heavy atom. The van der Waals surface area contributed by atoms with E-state index in [0.717, 1.165) is 25.3 Å². The minimum Gasteiger partial charge on any atom is -0.452 e. The van der Waals surface area contributed by atoms with E-state index in [1.165, 1.54) is 12.1 Å². The molecule has 0 spiro atoms. The first kappa shape index (κ1) is 19.1. The zero-order valence-corrected chi connectivity index (χ0v) is 15.9. The third-order valence-electron chi connectivity index (χ3n) is 5.52. The van der Waals surface area contributed by atoms with Crippen molar-refractivity contribution < 1.29 is 19.2 Å². The van der Waals surface area contributed by atoms with E-state index in [4.69, 9.17) is 10.5 Å². The second-order valence-electron chi connectivity index (χ2n) is 8.84. The summed E-state index contributed by atoms with van der Waals surface area (Å²) < 4.78 is 5.12. The number of hydrogen-bond donors (Lipinski definition) is 1. The van der Waals surface area contributed by atoms with Crippen LogP contribution < -0.4 is 5.73 Å². The molecule has 0 aromatic heterocycles. The van der Waals surface area contributed by atoms with Gasteiger partial charge in [0, 0.05) is 18.7 Å². The number of rotatable bonds is 4. The molecule has 27 heavy (non-hydrogen) atoms. The number of nitrogens with two attached hydrogens (primary N) is 1. The van der Waals surface area contributed by atoms with Crippen LogP contribution in [0, 0.1) is 20.9 Å². The van der Waals surface area contributed by atoms with Crippen molar-refractivity contribution in [2.75, 3.05) is 18.9 Å². The summed E-state index contributed by atoms with van der Waals surface area (Å²) >= 11 is 0. The Hall–Kier alpha value is -2.64. The van der Waals surface area contributed by atoms with E-state index >= 15 is 0 Å². The number of carbonyl (C=O) groups is 2. The molecule has 2 N–H and O–H groups in total.